The highest BCUT2D eigenvalue weighted by molar-refractivity contribution is 5.90. The molecule has 1 aromatic heterocycles. The number of carbonyl (C=O) groups is 1. The van der Waals surface area contributed by atoms with Crippen LogP contribution >= 0.6 is 0 Å². The van der Waals surface area contributed by atoms with E-state index in [0.717, 1.165) is 48.1 Å². The molecule has 0 spiro atoms. The fourth-order valence-corrected chi connectivity index (χ4v) is 3.34. The number of aryl methyl sites for hydroxylation is 1. The van der Waals surface area contributed by atoms with Gasteiger partial charge in [0, 0.05) is 29.7 Å². The van der Waals surface area contributed by atoms with Crippen molar-refractivity contribution in [3.63, 3.8) is 0 Å². The monoisotopic (exact) mass is 302 g/mol. The lowest BCUT2D eigenvalue weighted by Crippen LogP contribution is -2.35. The minimum Gasteiger partial charge on any atom is -0.358 e. The summed E-state index contributed by atoms with van der Waals surface area (Å²) in [5.41, 5.74) is 2.79. The Bertz CT molecular complexity index is 669. The van der Waals surface area contributed by atoms with Crippen LogP contribution in [-0.2, 0) is 11.2 Å². The van der Waals surface area contributed by atoms with Gasteiger partial charge in [-0.25, -0.2) is 4.39 Å². The summed E-state index contributed by atoms with van der Waals surface area (Å²) in [6, 6.07) is 4.71. The first kappa shape index (κ1) is 15.1. The zero-order valence-electron chi connectivity index (χ0n) is 13.1. The standard InChI is InChI=1S/C18H23FN2O/c1-13-15(16-11-14(19)7-8-17(16)20-13)12-18(22)21-9-5-3-2-4-6-10-21/h7-8,11,20H,2-6,9-10,12H2,1H3. The highest BCUT2D eigenvalue weighted by atomic mass is 19.1. The number of hydrogen-bond donors (Lipinski definition) is 1. The molecule has 3 nitrogen and oxygen atoms in total. The van der Waals surface area contributed by atoms with Crippen molar-refractivity contribution in [3.8, 4) is 0 Å². The summed E-state index contributed by atoms with van der Waals surface area (Å²) in [7, 11) is 0. The summed E-state index contributed by atoms with van der Waals surface area (Å²) < 4.78 is 13.5. The molecule has 0 aliphatic carbocycles. The Morgan fingerprint density at radius 1 is 1.18 bits per heavy atom. The molecule has 1 aromatic carbocycles. The molecule has 4 heteroatoms. The molecule has 0 bridgehead atoms. The van der Waals surface area contributed by atoms with Gasteiger partial charge < -0.3 is 9.88 Å². The second kappa shape index (κ2) is 6.51. The van der Waals surface area contributed by atoms with E-state index in [1.54, 1.807) is 6.07 Å². The van der Waals surface area contributed by atoms with Gasteiger partial charge in [0.25, 0.3) is 0 Å². The second-order valence-electron chi connectivity index (χ2n) is 6.24. The fraction of sp³-hybridized carbons (Fsp3) is 0.500. The van der Waals surface area contributed by atoms with Crippen LogP contribution in [0.5, 0.6) is 0 Å². The molecule has 0 radical (unpaired) electrons. The van der Waals surface area contributed by atoms with E-state index in [4.69, 9.17) is 0 Å². The van der Waals surface area contributed by atoms with Crippen molar-refractivity contribution in [2.45, 2.75) is 45.4 Å². The molecule has 1 saturated heterocycles. The van der Waals surface area contributed by atoms with E-state index >= 15 is 0 Å². The Morgan fingerprint density at radius 3 is 2.59 bits per heavy atom. The first-order valence-electron chi connectivity index (χ1n) is 8.19. The predicted octanol–water partition coefficient (Wildman–Crippen LogP) is 3.95. The van der Waals surface area contributed by atoms with Crippen molar-refractivity contribution in [2.24, 2.45) is 0 Å². The van der Waals surface area contributed by atoms with Crippen LogP contribution < -0.4 is 0 Å². The molecule has 0 unspecified atom stereocenters. The van der Waals surface area contributed by atoms with E-state index in [2.05, 4.69) is 4.98 Å². The first-order valence-corrected chi connectivity index (χ1v) is 8.19. The van der Waals surface area contributed by atoms with E-state index in [9.17, 15) is 9.18 Å². The highest BCUT2D eigenvalue weighted by Gasteiger charge is 2.18. The van der Waals surface area contributed by atoms with Crippen molar-refractivity contribution in [1.29, 1.82) is 0 Å². The number of nitrogens with zero attached hydrogens (tertiary/aromatic N) is 1. The van der Waals surface area contributed by atoms with Gasteiger partial charge in [0.1, 0.15) is 5.82 Å². The van der Waals surface area contributed by atoms with Crippen molar-refractivity contribution >= 4 is 16.8 Å². The molecule has 22 heavy (non-hydrogen) atoms. The lowest BCUT2D eigenvalue weighted by atomic mass is 10.0. The molecule has 2 heterocycles. The number of rotatable bonds is 2. The van der Waals surface area contributed by atoms with Crippen molar-refractivity contribution in [3.05, 3.63) is 35.3 Å². The number of aromatic nitrogens is 1. The van der Waals surface area contributed by atoms with Gasteiger partial charge in [0.2, 0.25) is 5.91 Å². The van der Waals surface area contributed by atoms with E-state index in [-0.39, 0.29) is 11.7 Å². The second-order valence-corrected chi connectivity index (χ2v) is 6.24. The van der Waals surface area contributed by atoms with Crippen LogP contribution in [0.4, 0.5) is 4.39 Å². The van der Waals surface area contributed by atoms with Crippen LogP contribution in [0, 0.1) is 12.7 Å². The zero-order valence-corrected chi connectivity index (χ0v) is 13.1. The lowest BCUT2D eigenvalue weighted by Gasteiger charge is -2.25. The number of likely N-dealkylation sites (tertiary alicyclic amines) is 1. The Kier molecular flexibility index (Phi) is 4.46. The van der Waals surface area contributed by atoms with Gasteiger partial charge in [-0.15, -0.1) is 0 Å². The maximum Gasteiger partial charge on any atom is 0.227 e. The molecule has 1 aliphatic rings. The number of amides is 1. The molecule has 1 amide bonds. The van der Waals surface area contributed by atoms with Crippen LogP contribution in [0.1, 0.15) is 43.4 Å². The van der Waals surface area contributed by atoms with E-state index in [0.29, 0.717) is 6.42 Å². The number of H-pyrrole nitrogens is 1. The summed E-state index contributed by atoms with van der Waals surface area (Å²) in [5, 5.41) is 0.831. The Hall–Kier alpha value is -1.84. The number of benzene rings is 1. The third-order valence-electron chi connectivity index (χ3n) is 4.62. The number of nitrogens with one attached hydrogen (secondary N) is 1. The summed E-state index contributed by atoms with van der Waals surface area (Å²) >= 11 is 0. The maximum atomic E-state index is 13.5. The molecule has 118 valence electrons. The number of carbonyl (C=O) groups excluding carboxylic acids is 1. The average molecular weight is 302 g/mol. The smallest absolute Gasteiger partial charge is 0.227 e. The number of fused-ring (bicyclic) bond motifs is 1. The van der Waals surface area contributed by atoms with Gasteiger partial charge in [0.15, 0.2) is 0 Å². The lowest BCUT2D eigenvalue weighted by molar-refractivity contribution is -0.130. The van der Waals surface area contributed by atoms with Crippen LogP contribution in [0.15, 0.2) is 18.2 Å². The van der Waals surface area contributed by atoms with Gasteiger partial charge in [-0.1, -0.05) is 19.3 Å². The van der Waals surface area contributed by atoms with Crippen LogP contribution in [0.2, 0.25) is 0 Å². The largest absolute Gasteiger partial charge is 0.358 e. The van der Waals surface area contributed by atoms with Crippen LogP contribution in [0.3, 0.4) is 0 Å². The van der Waals surface area contributed by atoms with Gasteiger partial charge in [0.05, 0.1) is 6.42 Å². The number of hydrogen-bond acceptors (Lipinski definition) is 1. The van der Waals surface area contributed by atoms with Gasteiger partial charge >= 0.3 is 0 Å². The summed E-state index contributed by atoms with van der Waals surface area (Å²) in [6.45, 7) is 3.66. The maximum absolute atomic E-state index is 13.5. The number of halogens is 1. The molecule has 3 rings (SSSR count). The van der Waals surface area contributed by atoms with E-state index in [1.165, 1.54) is 31.4 Å². The Morgan fingerprint density at radius 2 is 1.86 bits per heavy atom. The predicted molar refractivity (Wildman–Crippen MR) is 86.4 cm³/mol. The molecule has 0 saturated carbocycles. The fourth-order valence-electron chi connectivity index (χ4n) is 3.34. The SMILES string of the molecule is Cc1[nH]c2ccc(F)cc2c1CC(=O)N1CCCCCCC1. The topological polar surface area (TPSA) is 36.1 Å². The van der Waals surface area contributed by atoms with Crippen LogP contribution in [0.25, 0.3) is 10.9 Å². The molecule has 2 aromatic rings. The quantitative estimate of drug-likeness (QED) is 0.896. The summed E-state index contributed by atoms with van der Waals surface area (Å²) in [6.07, 6.45) is 6.24. The third-order valence-corrected chi connectivity index (χ3v) is 4.62. The highest BCUT2D eigenvalue weighted by Crippen LogP contribution is 2.24. The normalized spacial score (nSPS) is 16.5. The summed E-state index contributed by atoms with van der Waals surface area (Å²) in [4.78, 5) is 17.9. The van der Waals surface area contributed by atoms with Crippen molar-refractivity contribution in [1.82, 2.24) is 9.88 Å². The van der Waals surface area contributed by atoms with E-state index in [1.807, 2.05) is 11.8 Å². The zero-order chi connectivity index (χ0) is 15.5. The molecular weight excluding hydrogens is 279 g/mol. The summed E-state index contributed by atoms with van der Waals surface area (Å²) in [5.74, 6) is -0.0957. The van der Waals surface area contributed by atoms with Gasteiger partial charge in [-0.3, -0.25) is 4.79 Å². The molecule has 1 fully saturated rings. The molecule has 1 N–H and O–H groups in total. The minimum atomic E-state index is -0.258. The van der Waals surface area contributed by atoms with Gasteiger partial charge in [-0.05, 0) is 43.5 Å². The van der Waals surface area contributed by atoms with E-state index < -0.39 is 0 Å². The minimum absolute atomic E-state index is 0.162. The number of aromatic amines is 1. The van der Waals surface area contributed by atoms with Crippen LogP contribution in [-0.4, -0.2) is 28.9 Å². The van der Waals surface area contributed by atoms with Gasteiger partial charge in [-0.2, -0.15) is 0 Å². The molecule has 1 aliphatic heterocycles. The average Bonchev–Trinajstić information content (AvgIpc) is 2.74. The Balaban J connectivity index is 1.81. The van der Waals surface area contributed by atoms with Crippen molar-refractivity contribution in [2.75, 3.05) is 13.1 Å². The molecule has 0 atom stereocenters. The van der Waals surface area contributed by atoms with Crippen molar-refractivity contribution < 1.29 is 9.18 Å². The third kappa shape index (κ3) is 3.16. The molecular formula is C18H23FN2O. The first-order chi connectivity index (χ1) is 10.6. The Labute approximate surface area is 130 Å².